The SMILES string of the molecule is CCCCCC12C=CC=CC1N=CCO2. The predicted molar refractivity (Wildman–Crippen MR) is 63.4 cm³/mol. The number of fused-ring (bicyclic) bond motifs is 1. The van der Waals surface area contributed by atoms with Crippen LogP contribution in [0.4, 0.5) is 0 Å². The van der Waals surface area contributed by atoms with Crippen molar-refractivity contribution < 1.29 is 4.74 Å². The monoisotopic (exact) mass is 205 g/mol. The lowest BCUT2D eigenvalue weighted by Gasteiger charge is -2.38. The van der Waals surface area contributed by atoms with Gasteiger partial charge in [-0.25, -0.2) is 0 Å². The molecule has 0 aromatic rings. The summed E-state index contributed by atoms with van der Waals surface area (Å²) >= 11 is 0. The van der Waals surface area contributed by atoms with E-state index in [0.29, 0.717) is 6.61 Å². The Morgan fingerprint density at radius 1 is 1.40 bits per heavy atom. The molecular weight excluding hydrogens is 186 g/mol. The molecule has 0 saturated carbocycles. The van der Waals surface area contributed by atoms with Crippen LogP contribution in [0, 0.1) is 0 Å². The molecule has 0 radical (unpaired) electrons. The molecule has 0 aromatic carbocycles. The Bertz CT molecular complexity index is 293. The number of nitrogens with zero attached hydrogens (tertiary/aromatic N) is 1. The predicted octanol–water partition coefficient (Wildman–Crippen LogP) is 2.90. The van der Waals surface area contributed by atoms with E-state index in [1.54, 1.807) is 0 Å². The lowest BCUT2D eigenvalue weighted by Crippen LogP contribution is -2.45. The van der Waals surface area contributed by atoms with Gasteiger partial charge >= 0.3 is 0 Å². The van der Waals surface area contributed by atoms with Crippen molar-refractivity contribution in [3.63, 3.8) is 0 Å². The standard InChI is InChI=1S/C13H19NO/c1-2-3-5-8-13-9-6-4-7-12(13)14-10-11-15-13/h4,6-7,9-10,12H,2-3,5,8,11H2,1H3. The summed E-state index contributed by atoms with van der Waals surface area (Å²) in [7, 11) is 0. The van der Waals surface area contributed by atoms with Crippen LogP contribution in [0.15, 0.2) is 29.3 Å². The van der Waals surface area contributed by atoms with Gasteiger partial charge in [0.1, 0.15) is 11.6 Å². The Hall–Kier alpha value is -0.890. The third-order valence-corrected chi connectivity index (χ3v) is 3.15. The van der Waals surface area contributed by atoms with Crippen LogP contribution in [-0.2, 0) is 4.74 Å². The Kier molecular flexibility index (Phi) is 3.37. The topological polar surface area (TPSA) is 21.6 Å². The zero-order chi connectivity index (χ0) is 10.6. The van der Waals surface area contributed by atoms with Crippen molar-refractivity contribution in [2.24, 2.45) is 4.99 Å². The molecule has 2 atom stereocenters. The highest BCUT2D eigenvalue weighted by Crippen LogP contribution is 2.32. The molecule has 0 fully saturated rings. The van der Waals surface area contributed by atoms with Crippen LogP contribution in [0.2, 0.25) is 0 Å². The fourth-order valence-corrected chi connectivity index (χ4v) is 2.26. The van der Waals surface area contributed by atoms with Crippen molar-refractivity contribution in [3.05, 3.63) is 24.3 Å². The minimum atomic E-state index is -0.140. The average molecular weight is 205 g/mol. The quantitative estimate of drug-likeness (QED) is 0.647. The minimum absolute atomic E-state index is 0.140. The Morgan fingerprint density at radius 3 is 3.20 bits per heavy atom. The normalized spacial score (nSPS) is 33.0. The van der Waals surface area contributed by atoms with Gasteiger partial charge < -0.3 is 4.74 Å². The van der Waals surface area contributed by atoms with E-state index in [4.69, 9.17) is 4.74 Å². The van der Waals surface area contributed by atoms with E-state index in [0.717, 1.165) is 6.42 Å². The van der Waals surface area contributed by atoms with Crippen molar-refractivity contribution in [2.75, 3.05) is 6.61 Å². The summed E-state index contributed by atoms with van der Waals surface area (Å²) in [6.45, 7) is 2.88. The molecule has 0 amide bonds. The molecule has 15 heavy (non-hydrogen) atoms. The molecule has 2 nitrogen and oxygen atoms in total. The number of aliphatic imine (C=N–C) groups is 1. The number of ether oxygens (including phenoxy) is 1. The number of unbranched alkanes of at least 4 members (excludes halogenated alkanes) is 2. The average Bonchev–Trinajstić information content (AvgIpc) is 2.29. The molecule has 0 N–H and O–H groups in total. The Balaban J connectivity index is 2.05. The Labute approximate surface area is 91.7 Å². The first kappa shape index (κ1) is 10.6. The van der Waals surface area contributed by atoms with Crippen molar-refractivity contribution >= 4 is 6.21 Å². The zero-order valence-electron chi connectivity index (χ0n) is 9.36. The summed E-state index contributed by atoms with van der Waals surface area (Å²) in [6.07, 6.45) is 15.2. The third kappa shape index (κ3) is 2.20. The molecule has 0 saturated heterocycles. The molecule has 0 spiro atoms. The second kappa shape index (κ2) is 4.75. The lowest BCUT2D eigenvalue weighted by atomic mass is 9.84. The van der Waals surface area contributed by atoms with E-state index in [2.05, 4.69) is 36.2 Å². The fourth-order valence-electron chi connectivity index (χ4n) is 2.26. The zero-order valence-corrected chi connectivity index (χ0v) is 9.36. The lowest BCUT2D eigenvalue weighted by molar-refractivity contribution is -0.0105. The van der Waals surface area contributed by atoms with Crippen molar-refractivity contribution in [1.29, 1.82) is 0 Å². The van der Waals surface area contributed by atoms with Crippen LogP contribution in [0.25, 0.3) is 0 Å². The number of hydrogen-bond acceptors (Lipinski definition) is 2. The van der Waals surface area contributed by atoms with E-state index in [1.165, 1.54) is 19.3 Å². The van der Waals surface area contributed by atoms with E-state index < -0.39 is 0 Å². The number of rotatable bonds is 4. The van der Waals surface area contributed by atoms with Crippen molar-refractivity contribution in [1.82, 2.24) is 0 Å². The summed E-state index contributed by atoms with van der Waals surface area (Å²) in [4.78, 5) is 4.51. The minimum Gasteiger partial charge on any atom is -0.363 e. The fraction of sp³-hybridized carbons (Fsp3) is 0.615. The second-order valence-electron chi connectivity index (χ2n) is 4.24. The molecular formula is C13H19NO. The Morgan fingerprint density at radius 2 is 2.33 bits per heavy atom. The van der Waals surface area contributed by atoms with Gasteiger partial charge in [-0.15, -0.1) is 0 Å². The van der Waals surface area contributed by atoms with Gasteiger partial charge in [-0.3, -0.25) is 4.99 Å². The molecule has 1 aliphatic heterocycles. The van der Waals surface area contributed by atoms with Crippen molar-refractivity contribution in [2.45, 2.75) is 44.2 Å². The molecule has 2 heteroatoms. The van der Waals surface area contributed by atoms with Crippen LogP contribution in [0.3, 0.4) is 0 Å². The summed E-state index contributed by atoms with van der Waals surface area (Å²) in [5.74, 6) is 0. The van der Waals surface area contributed by atoms with Crippen LogP contribution >= 0.6 is 0 Å². The molecule has 2 unspecified atom stereocenters. The molecule has 0 aromatic heterocycles. The van der Waals surface area contributed by atoms with E-state index >= 15 is 0 Å². The smallest absolute Gasteiger partial charge is 0.113 e. The summed E-state index contributed by atoms with van der Waals surface area (Å²) in [5, 5.41) is 0. The maximum absolute atomic E-state index is 5.93. The third-order valence-electron chi connectivity index (χ3n) is 3.15. The first-order chi connectivity index (χ1) is 7.37. The van der Waals surface area contributed by atoms with Gasteiger partial charge in [0.25, 0.3) is 0 Å². The summed E-state index contributed by atoms with van der Waals surface area (Å²) < 4.78 is 5.93. The first-order valence-electron chi connectivity index (χ1n) is 5.89. The molecule has 2 aliphatic rings. The van der Waals surface area contributed by atoms with Gasteiger partial charge in [-0.2, -0.15) is 0 Å². The summed E-state index contributed by atoms with van der Waals surface area (Å²) in [6, 6.07) is 0.202. The summed E-state index contributed by atoms with van der Waals surface area (Å²) in [5.41, 5.74) is -0.140. The highest BCUT2D eigenvalue weighted by molar-refractivity contribution is 5.61. The van der Waals surface area contributed by atoms with Crippen LogP contribution < -0.4 is 0 Å². The van der Waals surface area contributed by atoms with E-state index in [-0.39, 0.29) is 11.6 Å². The second-order valence-corrected chi connectivity index (χ2v) is 4.24. The maximum atomic E-state index is 5.93. The maximum Gasteiger partial charge on any atom is 0.113 e. The highest BCUT2D eigenvalue weighted by atomic mass is 16.5. The molecule has 1 aliphatic carbocycles. The van der Waals surface area contributed by atoms with Gasteiger partial charge in [0.15, 0.2) is 0 Å². The number of allylic oxidation sites excluding steroid dienone is 2. The molecule has 1 heterocycles. The van der Waals surface area contributed by atoms with Gasteiger partial charge in [0, 0.05) is 6.21 Å². The molecule has 0 bridgehead atoms. The molecule has 82 valence electrons. The van der Waals surface area contributed by atoms with Gasteiger partial charge in [0.05, 0.1) is 6.61 Å². The van der Waals surface area contributed by atoms with E-state index in [9.17, 15) is 0 Å². The van der Waals surface area contributed by atoms with Crippen LogP contribution in [0.5, 0.6) is 0 Å². The van der Waals surface area contributed by atoms with Gasteiger partial charge in [-0.1, -0.05) is 50.5 Å². The van der Waals surface area contributed by atoms with Gasteiger partial charge in [-0.05, 0) is 6.42 Å². The van der Waals surface area contributed by atoms with Crippen LogP contribution in [-0.4, -0.2) is 24.5 Å². The van der Waals surface area contributed by atoms with Crippen molar-refractivity contribution in [3.8, 4) is 0 Å². The number of hydrogen-bond donors (Lipinski definition) is 0. The van der Waals surface area contributed by atoms with Crippen LogP contribution in [0.1, 0.15) is 32.6 Å². The van der Waals surface area contributed by atoms with Gasteiger partial charge in [0.2, 0.25) is 0 Å². The van der Waals surface area contributed by atoms with E-state index in [1.807, 2.05) is 6.21 Å². The largest absolute Gasteiger partial charge is 0.363 e. The molecule has 2 rings (SSSR count). The first-order valence-corrected chi connectivity index (χ1v) is 5.89. The highest BCUT2D eigenvalue weighted by Gasteiger charge is 2.38.